The lowest BCUT2D eigenvalue weighted by molar-refractivity contribution is -0.0511. The van der Waals surface area contributed by atoms with E-state index in [-0.39, 0.29) is 6.61 Å². The van der Waals surface area contributed by atoms with Crippen LogP contribution < -0.4 is 0 Å². The number of hydrogen-bond acceptors (Lipinski definition) is 8. The number of rotatable bonds is 3. The molecule has 0 radical (unpaired) electrons. The van der Waals surface area contributed by atoms with Crippen molar-refractivity contribution in [2.24, 2.45) is 0 Å². The van der Waals surface area contributed by atoms with Gasteiger partial charge in [0.15, 0.2) is 11.9 Å². The largest absolute Gasteiger partial charge is 0.394 e. The van der Waals surface area contributed by atoms with Gasteiger partial charge in [0.1, 0.15) is 28.9 Å². The Bertz CT molecular complexity index is 865. The Morgan fingerprint density at radius 3 is 2.83 bits per heavy atom. The van der Waals surface area contributed by atoms with Gasteiger partial charge in [-0.2, -0.15) is 0 Å². The lowest BCUT2D eigenvalue weighted by atomic mass is 10.1. The lowest BCUT2D eigenvalue weighted by Gasteiger charge is -2.17. The predicted molar refractivity (Wildman–Crippen MR) is 81.1 cm³/mol. The van der Waals surface area contributed by atoms with Gasteiger partial charge in [-0.1, -0.05) is 0 Å². The molecule has 0 spiro atoms. The molecule has 9 nitrogen and oxygen atoms in total. The number of nitrogens with zero attached hydrogens (tertiary/aromatic N) is 5. The molecule has 0 bridgehead atoms. The van der Waals surface area contributed by atoms with Crippen molar-refractivity contribution in [3.8, 4) is 0 Å². The van der Waals surface area contributed by atoms with Gasteiger partial charge in [-0.05, 0) is 6.26 Å². The van der Waals surface area contributed by atoms with Gasteiger partial charge < -0.3 is 20.1 Å². The second kappa shape index (κ2) is 5.42. The van der Waals surface area contributed by atoms with E-state index in [0.717, 1.165) is 0 Å². The molecule has 1 fully saturated rings. The third-order valence-corrected chi connectivity index (χ3v) is 4.68. The standard InChI is InChI=1S/C13H15N5O4S/c1-23-10-7-11(17-3-2-14-13(17)16-10)18(5-15-7)12-9(21)8(20)6(4-19)22-12/h2-3,5-6,8-9,12,19-21H,4H2,1H3. The molecule has 3 N–H and O–H groups in total. The Labute approximate surface area is 134 Å². The highest BCUT2D eigenvalue weighted by Gasteiger charge is 2.44. The van der Waals surface area contributed by atoms with E-state index in [2.05, 4.69) is 15.0 Å². The highest BCUT2D eigenvalue weighted by molar-refractivity contribution is 7.98. The van der Waals surface area contributed by atoms with Gasteiger partial charge in [0, 0.05) is 12.4 Å². The molecule has 4 unspecified atom stereocenters. The fourth-order valence-corrected chi connectivity index (χ4v) is 3.38. The number of imidazole rings is 2. The SMILES string of the molecule is CSc1nc2nccn2c2c1ncn2C1OC(CO)C(O)C1O. The van der Waals surface area contributed by atoms with Crippen molar-refractivity contribution in [1.29, 1.82) is 0 Å². The molecule has 0 aromatic carbocycles. The molecule has 10 heteroatoms. The van der Waals surface area contributed by atoms with E-state index < -0.39 is 24.5 Å². The Morgan fingerprint density at radius 1 is 1.30 bits per heavy atom. The summed E-state index contributed by atoms with van der Waals surface area (Å²) in [4.78, 5) is 13.0. The number of aliphatic hydroxyl groups is 3. The van der Waals surface area contributed by atoms with Crippen molar-refractivity contribution in [1.82, 2.24) is 23.9 Å². The van der Waals surface area contributed by atoms with Crippen LogP contribution in [0.2, 0.25) is 0 Å². The van der Waals surface area contributed by atoms with Gasteiger partial charge in [0.2, 0.25) is 5.78 Å². The second-order valence-electron chi connectivity index (χ2n) is 5.27. The summed E-state index contributed by atoms with van der Waals surface area (Å²) in [5.41, 5.74) is 1.31. The third kappa shape index (κ3) is 2.07. The van der Waals surface area contributed by atoms with Crippen molar-refractivity contribution in [3.05, 3.63) is 18.7 Å². The zero-order valence-electron chi connectivity index (χ0n) is 12.1. The highest BCUT2D eigenvalue weighted by Crippen LogP contribution is 2.33. The molecule has 122 valence electrons. The summed E-state index contributed by atoms with van der Waals surface area (Å²) in [6.45, 7) is -0.376. The van der Waals surface area contributed by atoms with Crippen LogP contribution in [0.5, 0.6) is 0 Å². The average Bonchev–Trinajstić information content (AvgIpc) is 3.25. The van der Waals surface area contributed by atoms with Gasteiger partial charge in [-0.15, -0.1) is 11.8 Å². The maximum absolute atomic E-state index is 10.3. The van der Waals surface area contributed by atoms with E-state index in [4.69, 9.17) is 4.74 Å². The van der Waals surface area contributed by atoms with Crippen molar-refractivity contribution in [3.63, 3.8) is 0 Å². The van der Waals surface area contributed by atoms with E-state index >= 15 is 0 Å². The van der Waals surface area contributed by atoms with Crippen LogP contribution in [0.4, 0.5) is 0 Å². The van der Waals surface area contributed by atoms with Gasteiger partial charge in [0.05, 0.1) is 12.9 Å². The molecule has 4 atom stereocenters. The third-order valence-electron chi connectivity index (χ3n) is 4.01. The summed E-state index contributed by atoms with van der Waals surface area (Å²) in [7, 11) is 0. The Balaban J connectivity index is 1.93. The minimum atomic E-state index is -1.17. The van der Waals surface area contributed by atoms with E-state index in [1.54, 1.807) is 21.4 Å². The molecular formula is C13H15N5O4S. The normalized spacial score (nSPS) is 28.2. The molecule has 1 saturated heterocycles. The molecule has 1 aliphatic rings. The fraction of sp³-hybridized carbons (Fsp3) is 0.462. The number of aromatic nitrogens is 5. The lowest BCUT2D eigenvalue weighted by Crippen LogP contribution is -2.33. The van der Waals surface area contributed by atoms with Gasteiger partial charge in [0.25, 0.3) is 0 Å². The van der Waals surface area contributed by atoms with Crippen LogP contribution in [0.1, 0.15) is 6.23 Å². The summed E-state index contributed by atoms with van der Waals surface area (Å²) in [6.07, 6.45) is 2.77. The highest BCUT2D eigenvalue weighted by atomic mass is 32.2. The van der Waals surface area contributed by atoms with Gasteiger partial charge in [-0.3, -0.25) is 8.97 Å². The van der Waals surface area contributed by atoms with Crippen LogP contribution >= 0.6 is 11.8 Å². The number of ether oxygens (including phenoxy) is 1. The molecule has 0 amide bonds. The Hall–Kier alpha value is -1.72. The van der Waals surface area contributed by atoms with Crippen LogP contribution in [0.25, 0.3) is 16.9 Å². The molecule has 23 heavy (non-hydrogen) atoms. The smallest absolute Gasteiger partial charge is 0.236 e. The first-order valence-corrected chi connectivity index (χ1v) is 8.24. The predicted octanol–water partition coefficient (Wildman–Crippen LogP) is -0.588. The summed E-state index contributed by atoms with van der Waals surface area (Å²) in [5.74, 6) is 0.510. The first-order chi connectivity index (χ1) is 11.2. The Morgan fingerprint density at radius 2 is 2.13 bits per heavy atom. The molecule has 3 aromatic rings. The van der Waals surface area contributed by atoms with E-state index in [1.807, 2.05) is 6.26 Å². The first kappa shape index (κ1) is 14.8. The topological polar surface area (TPSA) is 118 Å². The van der Waals surface area contributed by atoms with Crippen LogP contribution in [-0.4, -0.2) is 70.4 Å². The fourth-order valence-electron chi connectivity index (χ4n) is 2.87. The van der Waals surface area contributed by atoms with E-state index in [1.165, 1.54) is 18.1 Å². The minimum absolute atomic E-state index is 0.376. The van der Waals surface area contributed by atoms with Crippen molar-refractivity contribution >= 4 is 28.7 Å². The van der Waals surface area contributed by atoms with Crippen LogP contribution in [-0.2, 0) is 4.74 Å². The molecule has 4 rings (SSSR count). The number of thioether (sulfide) groups is 1. The van der Waals surface area contributed by atoms with Gasteiger partial charge in [-0.25, -0.2) is 15.0 Å². The summed E-state index contributed by atoms with van der Waals surface area (Å²) < 4.78 is 8.98. The zero-order valence-corrected chi connectivity index (χ0v) is 13.0. The molecular weight excluding hydrogens is 322 g/mol. The van der Waals surface area contributed by atoms with Crippen LogP contribution in [0, 0.1) is 0 Å². The summed E-state index contributed by atoms with van der Waals surface area (Å²) in [6, 6.07) is 0. The van der Waals surface area contributed by atoms with Crippen LogP contribution in [0.15, 0.2) is 23.7 Å². The molecule has 3 aromatic heterocycles. The number of hydrogen-bond donors (Lipinski definition) is 3. The zero-order chi connectivity index (χ0) is 16.1. The maximum atomic E-state index is 10.3. The number of aliphatic hydroxyl groups excluding tert-OH is 3. The first-order valence-electron chi connectivity index (χ1n) is 7.01. The second-order valence-corrected chi connectivity index (χ2v) is 6.07. The summed E-state index contributed by atoms with van der Waals surface area (Å²) in [5, 5.41) is 30.2. The molecule has 0 saturated carbocycles. The number of fused-ring (bicyclic) bond motifs is 3. The quantitative estimate of drug-likeness (QED) is 0.429. The van der Waals surface area contributed by atoms with Crippen molar-refractivity contribution < 1.29 is 20.1 Å². The average molecular weight is 337 g/mol. The molecule has 4 heterocycles. The molecule has 0 aliphatic carbocycles. The van der Waals surface area contributed by atoms with Crippen molar-refractivity contribution in [2.75, 3.05) is 12.9 Å². The van der Waals surface area contributed by atoms with E-state index in [9.17, 15) is 15.3 Å². The van der Waals surface area contributed by atoms with Crippen LogP contribution in [0.3, 0.4) is 0 Å². The molecule has 1 aliphatic heterocycles. The monoisotopic (exact) mass is 337 g/mol. The summed E-state index contributed by atoms with van der Waals surface area (Å²) >= 11 is 1.45. The van der Waals surface area contributed by atoms with E-state index in [0.29, 0.717) is 22.0 Å². The maximum Gasteiger partial charge on any atom is 0.236 e. The van der Waals surface area contributed by atoms with Crippen molar-refractivity contribution in [2.45, 2.75) is 29.6 Å². The minimum Gasteiger partial charge on any atom is -0.394 e. The Kier molecular flexibility index (Phi) is 3.50. The van der Waals surface area contributed by atoms with Gasteiger partial charge >= 0.3 is 0 Å².